The van der Waals surface area contributed by atoms with Gasteiger partial charge in [-0.15, -0.1) is 11.3 Å². The van der Waals surface area contributed by atoms with Crippen LogP contribution in [-0.4, -0.2) is 19.7 Å². The van der Waals surface area contributed by atoms with Crippen LogP contribution in [0.15, 0.2) is 75.6 Å². The molecule has 0 bridgehead atoms. The number of benzene rings is 2. The first kappa shape index (κ1) is 17.8. The van der Waals surface area contributed by atoms with E-state index in [-0.39, 0.29) is 12.1 Å². The second-order valence-corrected chi connectivity index (χ2v) is 7.63. The van der Waals surface area contributed by atoms with E-state index in [0.29, 0.717) is 32.5 Å². The molecule has 2 aromatic carbocycles. The first-order valence-corrected chi connectivity index (χ1v) is 10.1. The van der Waals surface area contributed by atoms with Crippen LogP contribution in [0.2, 0.25) is 5.02 Å². The van der Waals surface area contributed by atoms with Crippen LogP contribution in [0.25, 0.3) is 32.7 Å². The molecule has 8 heteroatoms. The number of nitrogens with zero attached hydrogens (tertiary/aromatic N) is 4. The summed E-state index contributed by atoms with van der Waals surface area (Å²) in [5, 5.41) is 7.07. The van der Waals surface area contributed by atoms with Gasteiger partial charge in [0.2, 0.25) is 11.7 Å². The summed E-state index contributed by atoms with van der Waals surface area (Å²) in [7, 11) is 0. The van der Waals surface area contributed by atoms with Crippen LogP contribution in [-0.2, 0) is 6.54 Å². The summed E-state index contributed by atoms with van der Waals surface area (Å²) in [6.45, 7) is 0.128. The maximum absolute atomic E-state index is 13.1. The smallest absolute Gasteiger partial charge is 0.263 e. The number of hydrogen-bond donors (Lipinski definition) is 0. The van der Waals surface area contributed by atoms with Gasteiger partial charge in [0.05, 0.1) is 16.7 Å². The molecule has 0 fully saturated rings. The van der Waals surface area contributed by atoms with E-state index in [1.807, 2.05) is 53.9 Å². The quantitative estimate of drug-likeness (QED) is 0.414. The Morgan fingerprint density at radius 3 is 2.66 bits per heavy atom. The van der Waals surface area contributed by atoms with Gasteiger partial charge in [-0.05, 0) is 17.7 Å². The number of hydrogen-bond acceptors (Lipinski definition) is 6. The van der Waals surface area contributed by atoms with Crippen molar-refractivity contribution in [2.75, 3.05) is 0 Å². The summed E-state index contributed by atoms with van der Waals surface area (Å²) in [5.74, 6) is 0.688. The summed E-state index contributed by atoms with van der Waals surface area (Å²) < 4.78 is 6.81. The maximum Gasteiger partial charge on any atom is 0.263 e. The molecule has 0 N–H and O–H groups in total. The minimum atomic E-state index is -0.146. The van der Waals surface area contributed by atoms with Crippen LogP contribution in [0.5, 0.6) is 0 Å². The third-order valence-corrected chi connectivity index (χ3v) is 5.75. The molecule has 0 spiro atoms. The predicted molar refractivity (Wildman–Crippen MR) is 113 cm³/mol. The van der Waals surface area contributed by atoms with Crippen LogP contribution in [0, 0.1) is 0 Å². The Labute approximate surface area is 174 Å². The van der Waals surface area contributed by atoms with Crippen molar-refractivity contribution in [3.05, 3.63) is 87.6 Å². The zero-order chi connectivity index (χ0) is 19.8. The van der Waals surface area contributed by atoms with Crippen molar-refractivity contribution in [1.82, 2.24) is 19.7 Å². The van der Waals surface area contributed by atoms with Gasteiger partial charge in [0.25, 0.3) is 5.56 Å². The molecule has 0 atom stereocenters. The predicted octanol–water partition coefficient (Wildman–Crippen LogP) is 4.88. The van der Waals surface area contributed by atoms with Gasteiger partial charge in [0, 0.05) is 16.5 Å². The average molecular weight is 421 g/mol. The molecular formula is C21H13ClN4O2S. The second kappa shape index (κ2) is 7.27. The molecule has 0 saturated carbocycles. The third-order valence-electron chi connectivity index (χ3n) is 4.53. The molecule has 142 valence electrons. The van der Waals surface area contributed by atoms with Crippen molar-refractivity contribution in [3.8, 4) is 22.5 Å². The van der Waals surface area contributed by atoms with Crippen molar-refractivity contribution in [2.24, 2.45) is 0 Å². The molecule has 6 nitrogen and oxygen atoms in total. The van der Waals surface area contributed by atoms with Crippen molar-refractivity contribution in [3.63, 3.8) is 0 Å². The minimum Gasteiger partial charge on any atom is -0.337 e. The van der Waals surface area contributed by atoms with Crippen LogP contribution in [0.3, 0.4) is 0 Å². The summed E-state index contributed by atoms with van der Waals surface area (Å²) >= 11 is 7.65. The van der Waals surface area contributed by atoms with Crippen molar-refractivity contribution >= 4 is 33.2 Å². The van der Waals surface area contributed by atoms with E-state index in [9.17, 15) is 4.79 Å². The van der Waals surface area contributed by atoms with Crippen molar-refractivity contribution in [2.45, 2.75) is 6.54 Å². The van der Waals surface area contributed by atoms with Gasteiger partial charge in [-0.1, -0.05) is 59.2 Å². The lowest BCUT2D eigenvalue weighted by Gasteiger charge is -2.03. The Balaban J connectivity index is 1.53. The molecule has 0 radical (unpaired) electrons. The summed E-state index contributed by atoms with van der Waals surface area (Å²) in [6, 6.07) is 17.1. The SMILES string of the molecule is O=c1c2c(-c3ccccc3)csc2ncn1Cc1nc(-c2ccccc2Cl)no1. The number of halogens is 1. The number of thiophene rings is 1. The Morgan fingerprint density at radius 1 is 1.03 bits per heavy atom. The Morgan fingerprint density at radius 2 is 1.83 bits per heavy atom. The van der Waals surface area contributed by atoms with E-state index >= 15 is 0 Å². The van der Waals surface area contributed by atoms with Gasteiger partial charge in [-0.25, -0.2) is 4.98 Å². The number of fused-ring (bicyclic) bond motifs is 1. The lowest BCUT2D eigenvalue weighted by molar-refractivity contribution is 0.369. The molecule has 5 rings (SSSR count). The van der Waals surface area contributed by atoms with Gasteiger partial charge in [-0.3, -0.25) is 9.36 Å². The lowest BCUT2D eigenvalue weighted by atomic mass is 10.1. The topological polar surface area (TPSA) is 73.8 Å². The van der Waals surface area contributed by atoms with Gasteiger partial charge >= 0.3 is 0 Å². The number of rotatable bonds is 4. The Hall–Kier alpha value is -3.29. The molecule has 29 heavy (non-hydrogen) atoms. The first-order valence-electron chi connectivity index (χ1n) is 8.80. The van der Waals surface area contributed by atoms with E-state index in [1.54, 1.807) is 6.07 Å². The van der Waals surface area contributed by atoms with E-state index in [2.05, 4.69) is 15.1 Å². The molecule has 0 aliphatic rings. The molecule has 3 heterocycles. The maximum atomic E-state index is 13.1. The zero-order valence-electron chi connectivity index (χ0n) is 14.9. The van der Waals surface area contributed by atoms with Crippen molar-refractivity contribution in [1.29, 1.82) is 0 Å². The summed E-state index contributed by atoms with van der Waals surface area (Å²) in [6.07, 6.45) is 1.51. The summed E-state index contributed by atoms with van der Waals surface area (Å²) in [4.78, 5) is 22.7. The van der Waals surface area contributed by atoms with E-state index in [1.165, 1.54) is 22.2 Å². The van der Waals surface area contributed by atoms with E-state index in [0.717, 1.165) is 11.1 Å². The molecule has 0 unspecified atom stereocenters. The van der Waals surface area contributed by atoms with E-state index < -0.39 is 0 Å². The molecule has 5 aromatic rings. The fourth-order valence-corrected chi connectivity index (χ4v) is 4.25. The van der Waals surface area contributed by atoms with Gasteiger partial charge in [-0.2, -0.15) is 4.98 Å². The van der Waals surface area contributed by atoms with Crippen LogP contribution < -0.4 is 5.56 Å². The highest BCUT2D eigenvalue weighted by Crippen LogP contribution is 2.30. The molecule has 0 aliphatic heterocycles. The third kappa shape index (κ3) is 3.24. The normalized spacial score (nSPS) is 11.2. The monoisotopic (exact) mass is 420 g/mol. The van der Waals surface area contributed by atoms with Gasteiger partial charge in [0.15, 0.2) is 0 Å². The highest BCUT2D eigenvalue weighted by atomic mass is 35.5. The minimum absolute atomic E-state index is 0.128. The Bertz CT molecular complexity index is 1370. The van der Waals surface area contributed by atoms with Crippen LogP contribution in [0.1, 0.15) is 5.89 Å². The van der Waals surface area contributed by atoms with Crippen LogP contribution >= 0.6 is 22.9 Å². The van der Waals surface area contributed by atoms with Gasteiger partial charge in [0.1, 0.15) is 11.4 Å². The fraction of sp³-hybridized carbons (Fsp3) is 0.0476. The molecule has 0 amide bonds. The first-order chi connectivity index (χ1) is 14.2. The standard InChI is InChI=1S/C21H13ClN4O2S/c22-16-9-5-4-8-14(16)19-24-17(28-25-19)10-26-12-23-20-18(21(26)27)15(11-29-20)13-6-2-1-3-7-13/h1-9,11-12H,10H2. The summed E-state index contributed by atoms with van der Waals surface area (Å²) in [5.41, 5.74) is 2.39. The van der Waals surface area contributed by atoms with Crippen LogP contribution in [0.4, 0.5) is 0 Å². The average Bonchev–Trinajstić information content (AvgIpc) is 3.39. The van der Waals surface area contributed by atoms with Crippen molar-refractivity contribution < 1.29 is 4.52 Å². The Kier molecular flexibility index (Phi) is 4.46. The zero-order valence-corrected chi connectivity index (χ0v) is 16.5. The fourth-order valence-electron chi connectivity index (χ4n) is 3.13. The van der Waals surface area contributed by atoms with Gasteiger partial charge < -0.3 is 4.52 Å². The second-order valence-electron chi connectivity index (χ2n) is 6.36. The van der Waals surface area contributed by atoms with E-state index in [4.69, 9.17) is 16.1 Å². The lowest BCUT2D eigenvalue weighted by Crippen LogP contribution is -2.21. The molecular weight excluding hydrogens is 408 g/mol. The highest BCUT2D eigenvalue weighted by molar-refractivity contribution is 7.17. The largest absolute Gasteiger partial charge is 0.337 e. The molecule has 0 saturated heterocycles. The molecule has 3 aromatic heterocycles. The number of aromatic nitrogens is 4. The highest BCUT2D eigenvalue weighted by Gasteiger charge is 2.16. The molecule has 0 aliphatic carbocycles.